The van der Waals surface area contributed by atoms with Crippen LogP contribution in [0.4, 0.5) is 22.7 Å². The molecule has 2 heteroatoms. The number of nitrogens with one attached hydrogen (secondary N) is 1. The SMILES string of the molecule is C=C/C=C(\C#CCC)c1ccccc1.C=C/C=C(\C=C)N(c1ccccc1)c1ccc2c(c1)C1(C(C)=C(c3ccccc3C3CC3)c3c(Nc4ccc(C(/C=C\C)=C/CC)cc4)cccc31)C1=C2CCC=C1.CC. The van der Waals surface area contributed by atoms with Crippen molar-refractivity contribution in [2.24, 2.45) is 0 Å². The highest BCUT2D eigenvalue weighted by molar-refractivity contribution is 6.03. The number of allylic oxidation sites excluding steroid dienone is 15. The van der Waals surface area contributed by atoms with Gasteiger partial charge in [0.25, 0.3) is 0 Å². The summed E-state index contributed by atoms with van der Waals surface area (Å²) in [5.74, 6) is 6.80. The summed E-state index contributed by atoms with van der Waals surface area (Å²) in [6, 6.07) is 53.1. The summed E-state index contributed by atoms with van der Waals surface area (Å²) >= 11 is 0. The van der Waals surface area contributed by atoms with E-state index in [1.165, 1.54) is 79.7 Å². The molecular formula is C72H72N2. The van der Waals surface area contributed by atoms with Gasteiger partial charge < -0.3 is 10.2 Å². The van der Waals surface area contributed by atoms with E-state index in [1.54, 1.807) is 6.08 Å². The van der Waals surface area contributed by atoms with E-state index in [4.69, 9.17) is 0 Å². The standard InChI is InChI=1S/C56H52N2.C14H14.C2H6/c1-6-18-39(19-7-2)40-31-33-42(34-32-40)57-53-28-17-27-51-55(53)54(49-25-14-13-23-46(49)41-29-30-41)38(5)56(51)50-26-16-15-24-47(50)48-36-35-45(37-52(48)56)58(43(9-4)20-8-3)44-21-11-10-12-22-44;1-3-5-10-13(9-4-2)14-11-7-6-8-12-14;1-2/h6,8-14,16-23,25-28,31-37,41,57H,3-4,7,15,24,29-30H2,1-2,5H3;4,6-9,11-12H,2-3H2,1H3;1-2H3/b18-6-,39-19+,43-20+;13-9+;. The monoisotopic (exact) mass is 965 g/mol. The summed E-state index contributed by atoms with van der Waals surface area (Å²) in [5, 5.41) is 3.97. The molecule has 6 aromatic rings. The fourth-order valence-corrected chi connectivity index (χ4v) is 11.1. The zero-order valence-corrected chi connectivity index (χ0v) is 44.5. The average molecular weight is 965 g/mol. The Bertz CT molecular complexity index is 3290. The van der Waals surface area contributed by atoms with Gasteiger partial charge in [0.15, 0.2) is 0 Å². The van der Waals surface area contributed by atoms with Crippen molar-refractivity contribution in [3.63, 3.8) is 0 Å². The van der Waals surface area contributed by atoms with Gasteiger partial charge in [0.05, 0.1) is 5.41 Å². The first kappa shape index (κ1) is 52.2. The maximum absolute atomic E-state index is 4.25. The van der Waals surface area contributed by atoms with Gasteiger partial charge in [-0.1, -0.05) is 205 Å². The van der Waals surface area contributed by atoms with E-state index in [-0.39, 0.29) is 0 Å². The molecule has 1 fully saturated rings. The molecule has 1 unspecified atom stereocenters. The number of nitrogens with zero attached hydrogens (tertiary/aromatic N) is 1. The van der Waals surface area contributed by atoms with Crippen LogP contribution in [0.25, 0.3) is 22.3 Å². The molecule has 0 amide bonds. The number of fused-ring (bicyclic) bond motifs is 6. The third kappa shape index (κ3) is 10.4. The van der Waals surface area contributed by atoms with E-state index in [2.05, 4.69) is 220 Å². The van der Waals surface area contributed by atoms with Crippen molar-refractivity contribution in [2.45, 2.75) is 91.4 Å². The van der Waals surface area contributed by atoms with Gasteiger partial charge in [-0.05, 0) is 179 Å². The Balaban J connectivity index is 0.000000393. The lowest BCUT2D eigenvalue weighted by molar-refractivity contribution is 0.754. The Morgan fingerprint density at radius 2 is 1.46 bits per heavy atom. The molecule has 0 aliphatic heterocycles. The second-order valence-corrected chi connectivity index (χ2v) is 18.7. The summed E-state index contributed by atoms with van der Waals surface area (Å²) < 4.78 is 0. The van der Waals surface area contributed by atoms with Gasteiger partial charge in [-0.25, -0.2) is 0 Å². The van der Waals surface area contributed by atoms with Crippen LogP contribution in [0.1, 0.15) is 130 Å². The number of benzene rings is 6. The van der Waals surface area contributed by atoms with Gasteiger partial charge in [-0.15, -0.1) is 0 Å². The lowest BCUT2D eigenvalue weighted by Crippen LogP contribution is -2.28. The summed E-state index contributed by atoms with van der Waals surface area (Å²) in [6.45, 7) is 24.7. The first-order valence-electron chi connectivity index (χ1n) is 26.8. The first-order chi connectivity index (χ1) is 36.4. The van der Waals surface area contributed by atoms with E-state index < -0.39 is 5.41 Å². The Hall–Kier alpha value is -8.12. The highest BCUT2D eigenvalue weighted by Gasteiger charge is 2.53. The second-order valence-electron chi connectivity index (χ2n) is 18.7. The smallest absolute Gasteiger partial charge is 0.0684 e. The molecule has 0 heterocycles. The molecule has 4 aliphatic carbocycles. The molecule has 1 atom stereocenters. The van der Waals surface area contributed by atoms with Crippen molar-refractivity contribution >= 4 is 45.0 Å². The Kier molecular flexibility index (Phi) is 17.3. The third-order valence-electron chi connectivity index (χ3n) is 14.3. The van der Waals surface area contributed by atoms with Crippen LogP contribution in [-0.2, 0) is 5.41 Å². The molecule has 10 rings (SSSR count). The van der Waals surface area contributed by atoms with Crippen molar-refractivity contribution < 1.29 is 0 Å². The van der Waals surface area contributed by atoms with Crippen molar-refractivity contribution in [2.75, 3.05) is 10.2 Å². The van der Waals surface area contributed by atoms with E-state index in [0.29, 0.717) is 5.92 Å². The second kappa shape index (κ2) is 24.5. The number of hydrogen-bond donors (Lipinski definition) is 1. The van der Waals surface area contributed by atoms with Crippen LogP contribution in [0.2, 0.25) is 0 Å². The summed E-state index contributed by atoms with van der Waals surface area (Å²) in [5.41, 5.74) is 23.4. The quantitative estimate of drug-likeness (QED) is 0.0864. The maximum atomic E-state index is 4.25. The molecule has 0 radical (unpaired) electrons. The van der Waals surface area contributed by atoms with Gasteiger partial charge in [0, 0.05) is 46.0 Å². The fraction of sp³-hybridized carbons (Fsp3) is 0.194. The zero-order valence-electron chi connectivity index (χ0n) is 44.5. The van der Waals surface area contributed by atoms with Crippen molar-refractivity contribution in [3.8, 4) is 11.8 Å². The van der Waals surface area contributed by atoms with Gasteiger partial charge in [0.1, 0.15) is 0 Å². The molecule has 74 heavy (non-hydrogen) atoms. The van der Waals surface area contributed by atoms with Crippen LogP contribution in [0.3, 0.4) is 0 Å². The number of hydrogen-bond acceptors (Lipinski definition) is 2. The lowest BCUT2D eigenvalue weighted by Gasteiger charge is -2.34. The predicted molar refractivity (Wildman–Crippen MR) is 323 cm³/mol. The van der Waals surface area contributed by atoms with Crippen LogP contribution >= 0.6 is 0 Å². The maximum Gasteiger partial charge on any atom is 0.0684 e. The molecule has 4 aliphatic rings. The number of anilines is 4. The topological polar surface area (TPSA) is 15.3 Å². The summed E-state index contributed by atoms with van der Waals surface area (Å²) in [6.07, 6.45) is 27.4. The Morgan fingerprint density at radius 1 is 0.743 bits per heavy atom. The lowest BCUT2D eigenvalue weighted by atomic mass is 9.68. The van der Waals surface area contributed by atoms with E-state index in [1.807, 2.05) is 63.3 Å². The third-order valence-corrected chi connectivity index (χ3v) is 14.3. The van der Waals surface area contributed by atoms with E-state index in [9.17, 15) is 0 Å². The van der Waals surface area contributed by atoms with Gasteiger partial charge in [-0.2, -0.15) is 0 Å². The van der Waals surface area contributed by atoms with Crippen LogP contribution < -0.4 is 10.2 Å². The molecular weight excluding hydrogens is 893 g/mol. The molecule has 0 bridgehead atoms. The largest absolute Gasteiger partial charge is 0.355 e. The van der Waals surface area contributed by atoms with Crippen LogP contribution in [0.5, 0.6) is 0 Å². The van der Waals surface area contributed by atoms with Crippen LogP contribution in [-0.4, -0.2) is 0 Å². The van der Waals surface area contributed by atoms with E-state index in [0.717, 1.165) is 65.3 Å². The molecule has 2 nitrogen and oxygen atoms in total. The molecule has 1 N–H and O–H groups in total. The minimum Gasteiger partial charge on any atom is -0.355 e. The van der Waals surface area contributed by atoms with Crippen LogP contribution in [0, 0.1) is 11.8 Å². The molecule has 0 saturated heterocycles. The molecule has 0 aromatic heterocycles. The zero-order chi connectivity index (χ0) is 52.0. The predicted octanol–water partition coefficient (Wildman–Crippen LogP) is 20.0. The van der Waals surface area contributed by atoms with Gasteiger partial charge in [0.2, 0.25) is 0 Å². The molecule has 1 spiro atoms. The molecule has 6 aromatic carbocycles. The molecule has 1 saturated carbocycles. The Labute approximate surface area is 443 Å². The number of rotatable bonds is 14. The highest BCUT2D eigenvalue weighted by Crippen LogP contribution is 2.65. The fourth-order valence-electron chi connectivity index (χ4n) is 11.1. The minimum atomic E-state index is -0.467. The van der Waals surface area contributed by atoms with Crippen molar-refractivity contribution in [3.05, 3.63) is 287 Å². The van der Waals surface area contributed by atoms with E-state index >= 15 is 0 Å². The average Bonchev–Trinajstić information content (AvgIpc) is 4.21. The normalized spacial score (nSPS) is 16.5. The minimum absolute atomic E-state index is 0.467. The van der Waals surface area contributed by atoms with Crippen molar-refractivity contribution in [1.29, 1.82) is 0 Å². The van der Waals surface area contributed by atoms with Crippen molar-refractivity contribution in [1.82, 2.24) is 0 Å². The summed E-state index contributed by atoms with van der Waals surface area (Å²) in [7, 11) is 0. The number of para-hydroxylation sites is 1. The molecule has 370 valence electrons. The Morgan fingerprint density at radius 3 is 2.14 bits per heavy atom. The van der Waals surface area contributed by atoms with Gasteiger partial charge >= 0.3 is 0 Å². The first-order valence-corrected chi connectivity index (χ1v) is 26.8. The highest BCUT2D eigenvalue weighted by atomic mass is 15.1. The van der Waals surface area contributed by atoms with Gasteiger partial charge in [-0.3, -0.25) is 0 Å². The van der Waals surface area contributed by atoms with Crippen LogP contribution in [0.15, 0.2) is 243 Å². The summed E-state index contributed by atoms with van der Waals surface area (Å²) in [4.78, 5) is 2.31.